The van der Waals surface area contributed by atoms with Crippen LogP contribution in [0.3, 0.4) is 0 Å². The third kappa shape index (κ3) is 5.91. The largest absolute Gasteiger partial charge is 0.396 e. The fraction of sp³-hybridized carbons (Fsp3) is 0.600. The second kappa shape index (κ2) is 9.32. The predicted molar refractivity (Wildman–Crippen MR) is 79.4 cm³/mol. The molecule has 0 spiro atoms. The molecule has 2 unspecified atom stereocenters. The summed E-state index contributed by atoms with van der Waals surface area (Å²) in [6, 6.07) is 7.35. The van der Waals surface area contributed by atoms with E-state index in [4.69, 9.17) is 16.7 Å². The van der Waals surface area contributed by atoms with Gasteiger partial charge in [-0.25, -0.2) is 0 Å². The molecule has 0 fully saturated rings. The molecule has 0 heterocycles. The van der Waals surface area contributed by atoms with Crippen molar-refractivity contribution >= 4 is 11.6 Å². The van der Waals surface area contributed by atoms with Gasteiger partial charge < -0.3 is 15.5 Å². The summed E-state index contributed by atoms with van der Waals surface area (Å²) in [5.41, 5.74) is 0.755. The first-order valence-corrected chi connectivity index (χ1v) is 7.30. The van der Waals surface area contributed by atoms with Gasteiger partial charge in [0.15, 0.2) is 0 Å². The van der Waals surface area contributed by atoms with Gasteiger partial charge in [0.1, 0.15) is 0 Å². The quantitative estimate of drug-likeness (QED) is 0.654. The van der Waals surface area contributed by atoms with Crippen molar-refractivity contribution in [1.29, 1.82) is 0 Å². The molecule has 0 aromatic heterocycles. The van der Waals surface area contributed by atoms with E-state index in [9.17, 15) is 5.11 Å². The molecule has 0 aliphatic heterocycles. The molecule has 108 valence electrons. The highest BCUT2D eigenvalue weighted by atomic mass is 35.5. The maximum Gasteiger partial charge on any atom is 0.0928 e. The van der Waals surface area contributed by atoms with Gasteiger partial charge in [0.2, 0.25) is 0 Å². The van der Waals surface area contributed by atoms with Crippen LogP contribution in [0.15, 0.2) is 24.3 Å². The standard InChI is InChI=1S/C15H24ClNO2/c1-2-5-12(8-9-18)10-17-11-15(19)13-6-3-4-7-14(13)16/h3-4,6-7,12,15,17-19H,2,5,8-11H2,1H3. The van der Waals surface area contributed by atoms with Crippen LogP contribution in [0.5, 0.6) is 0 Å². The minimum Gasteiger partial charge on any atom is -0.396 e. The summed E-state index contributed by atoms with van der Waals surface area (Å²) in [6.45, 7) is 3.66. The van der Waals surface area contributed by atoms with E-state index in [1.165, 1.54) is 0 Å². The molecule has 1 aromatic rings. The van der Waals surface area contributed by atoms with E-state index in [0.717, 1.165) is 31.4 Å². The summed E-state index contributed by atoms with van der Waals surface area (Å²) in [5.74, 6) is 0.466. The zero-order valence-corrected chi connectivity index (χ0v) is 12.2. The molecule has 0 radical (unpaired) electrons. The van der Waals surface area contributed by atoms with E-state index in [-0.39, 0.29) is 6.61 Å². The van der Waals surface area contributed by atoms with Crippen LogP contribution >= 0.6 is 11.6 Å². The summed E-state index contributed by atoms with van der Waals surface area (Å²) in [6.07, 6.45) is 2.42. The number of benzene rings is 1. The molecule has 2 atom stereocenters. The van der Waals surface area contributed by atoms with Crippen LogP contribution in [0.2, 0.25) is 5.02 Å². The molecule has 3 nitrogen and oxygen atoms in total. The molecular formula is C15H24ClNO2. The van der Waals surface area contributed by atoms with Crippen molar-refractivity contribution in [1.82, 2.24) is 5.32 Å². The van der Waals surface area contributed by atoms with Crippen LogP contribution < -0.4 is 5.32 Å². The maximum absolute atomic E-state index is 10.1. The number of aliphatic hydroxyl groups is 2. The van der Waals surface area contributed by atoms with Crippen LogP contribution in [0.1, 0.15) is 37.9 Å². The van der Waals surface area contributed by atoms with Gasteiger partial charge in [0.05, 0.1) is 6.10 Å². The lowest BCUT2D eigenvalue weighted by Crippen LogP contribution is -2.28. The molecule has 4 heteroatoms. The van der Waals surface area contributed by atoms with Gasteiger partial charge in [-0.05, 0) is 31.4 Å². The lowest BCUT2D eigenvalue weighted by atomic mass is 10.00. The average molecular weight is 286 g/mol. The van der Waals surface area contributed by atoms with Crippen LogP contribution in [0.25, 0.3) is 0 Å². The highest BCUT2D eigenvalue weighted by Gasteiger charge is 2.12. The smallest absolute Gasteiger partial charge is 0.0928 e. The number of aliphatic hydroxyl groups excluding tert-OH is 2. The molecule has 3 N–H and O–H groups in total. The van der Waals surface area contributed by atoms with E-state index in [1.807, 2.05) is 18.2 Å². The van der Waals surface area contributed by atoms with Crippen molar-refractivity contribution in [2.24, 2.45) is 5.92 Å². The molecule has 0 aliphatic carbocycles. The Morgan fingerprint density at radius 3 is 2.58 bits per heavy atom. The number of hydrogen-bond donors (Lipinski definition) is 3. The maximum atomic E-state index is 10.1. The van der Waals surface area contributed by atoms with Gasteiger partial charge in [-0.15, -0.1) is 0 Å². The van der Waals surface area contributed by atoms with Crippen molar-refractivity contribution in [2.45, 2.75) is 32.3 Å². The molecule has 0 saturated heterocycles. The Hall–Kier alpha value is -0.610. The van der Waals surface area contributed by atoms with Crippen LogP contribution in [0.4, 0.5) is 0 Å². The first kappa shape index (κ1) is 16.4. The molecule has 0 bridgehead atoms. The minimum absolute atomic E-state index is 0.222. The lowest BCUT2D eigenvalue weighted by Gasteiger charge is -2.18. The molecule has 0 saturated carbocycles. The zero-order chi connectivity index (χ0) is 14.1. The third-order valence-corrected chi connectivity index (χ3v) is 3.61. The summed E-state index contributed by atoms with van der Waals surface area (Å²) >= 11 is 6.04. The van der Waals surface area contributed by atoms with E-state index >= 15 is 0 Å². The van der Waals surface area contributed by atoms with Crippen molar-refractivity contribution in [3.63, 3.8) is 0 Å². The minimum atomic E-state index is -0.592. The van der Waals surface area contributed by atoms with Gasteiger partial charge in [0.25, 0.3) is 0 Å². The summed E-state index contributed by atoms with van der Waals surface area (Å²) in [7, 11) is 0. The second-order valence-corrected chi connectivity index (χ2v) is 5.27. The highest BCUT2D eigenvalue weighted by molar-refractivity contribution is 6.31. The Bertz CT molecular complexity index is 354. The van der Waals surface area contributed by atoms with Gasteiger partial charge in [-0.2, -0.15) is 0 Å². The summed E-state index contributed by atoms with van der Waals surface area (Å²) in [5, 5.41) is 22.9. The van der Waals surface area contributed by atoms with Gasteiger partial charge >= 0.3 is 0 Å². The summed E-state index contributed by atoms with van der Waals surface area (Å²) in [4.78, 5) is 0. The average Bonchev–Trinajstić information content (AvgIpc) is 2.39. The first-order chi connectivity index (χ1) is 9.19. The fourth-order valence-electron chi connectivity index (χ4n) is 2.22. The Labute approximate surface area is 120 Å². The Morgan fingerprint density at radius 1 is 1.21 bits per heavy atom. The fourth-order valence-corrected chi connectivity index (χ4v) is 2.48. The van der Waals surface area contributed by atoms with Gasteiger partial charge in [0, 0.05) is 23.7 Å². The Balaban J connectivity index is 2.37. The number of rotatable bonds is 9. The highest BCUT2D eigenvalue weighted by Crippen LogP contribution is 2.22. The molecule has 19 heavy (non-hydrogen) atoms. The van der Waals surface area contributed by atoms with Gasteiger partial charge in [-0.3, -0.25) is 0 Å². The molecular weight excluding hydrogens is 262 g/mol. The Morgan fingerprint density at radius 2 is 1.95 bits per heavy atom. The number of nitrogens with one attached hydrogen (secondary N) is 1. The normalized spacial score (nSPS) is 14.3. The number of hydrogen-bond acceptors (Lipinski definition) is 3. The van der Waals surface area contributed by atoms with E-state index in [0.29, 0.717) is 17.5 Å². The van der Waals surface area contributed by atoms with E-state index in [2.05, 4.69) is 12.2 Å². The van der Waals surface area contributed by atoms with Crippen molar-refractivity contribution in [3.05, 3.63) is 34.9 Å². The predicted octanol–water partition coefficient (Wildman–Crippen LogP) is 2.76. The Kier molecular flexibility index (Phi) is 8.07. The second-order valence-electron chi connectivity index (χ2n) is 4.86. The van der Waals surface area contributed by atoms with Crippen LogP contribution in [-0.4, -0.2) is 29.9 Å². The third-order valence-electron chi connectivity index (χ3n) is 3.27. The van der Waals surface area contributed by atoms with Crippen molar-refractivity contribution in [3.8, 4) is 0 Å². The van der Waals surface area contributed by atoms with Gasteiger partial charge in [-0.1, -0.05) is 43.1 Å². The summed E-state index contributed by atoms with van der Waals surface area (Å²) < 4.78 is 0. The molecule has 1 rings (SSSR count). The lowest BCUT2D eigenvalue weighted by molar-refractivity contribution is 0.170. The first-order valence-electron chi connectivity index (χ1n) is 6.93. The molecule has 0 aliphatic rings. The SMILES string of the molecule is CCCC(CCO)CNCC(O)c1ccccc1Cl. The monoisotopic (exact) mass is 285 g/mol. The number of halogens is 1. The van der Waals surface area contributed by atoms with Crippen LogP contribution in [-0.2, 0) is 0 Å². The van der Waals surface area contributed by atoms with Crippen molar-refractivity contribution < 1.29 is 10.2 Å². The van der Waals surface area contributed by atoms with E-state index in [1.54, 1.807) is 6.07 Å². The van der Waals surface area contributed by atoms with E-state index < -0.39 is 6.10 Å². The van der Waals surface area contributed by atoms with Crippen LogP contribution in [0, 0.1) is 5.92 Å². The molecule has 0 amide bonds. The zero-order valence-electron chi connectivity index (χ0n) is 11.5. The van der Waals surface area contributed by atoms with Crippen molar-refractivity contribution in [2.75, 3.05) is 19.7 Å². The topological polar surface area (TPSA) is 52.5 Å². The molecule has 1 aromatic carbocycles.